The Morgan fingerprint density at radius 2 is 0.700 bits per heavy atom. The van der Waals surface area contributed by atoms with E-state index in [9.17, 15) is 4.79 Å². The number of carbonyl (C=O) groups excluding carboxylic acids is 1. The minimum absolute atomic E-state index is 0.580. The van der Waals surface area contributed by atoms with E-state index in [1.54, 1.807) is 0 Å². The van der Waals surface area contributed by atoms with Crippen molar-refractivity contribution in [2.75, 3.05) is 0 Å². The van der Waals surface area contributed by atoms with E-state index in [0.717, 1.165) is 95.0 Å². The quantitative estimate of drug-likeness (QED) is 0.168. The van der Waals surface area contributed by atoms with Crippen LogP contribution in [0.4, 0.5) is 0 Å². The highest BCUT2D eigenvalue weighted by atomic mass is 16.1. The number of nitrogens with one attached hydrogen (secondary N) is 4. The number of fused-ring (bicyclic) bond motifs is 8. The Bertz CT molecular complexity index is 2750. The first-order chi connectivity index (χ1) is 24.7. The number of aldehydes is 1. The number of benzene rings is 4. The molecule has 0 radical (unpaired) electrons. The summed E-state index contributed by atoms with van der Waals surface area (Å²) in [6.45, 7) is 0. The zero-order chi connectivity index (χ0) is 33.4. The van der Waals surface area contributed by atoms with Crippen LogP contribution in [0, 0.1) is 0 Å². The number of rotatable bonds is 5. The van der Waals surface area contributed by atoms with E-state index < -0.39 is 0 Å². The fourth-order valence-electron chi connectivity index (χ4n) is 7.19. The van der Waals surface area contributed by atoms with Crippen LogP contribution in [0.5, 0.6) is 0 Å². The molecule has 0 amide bonds. The lowest BCUT2D eigenvalue weighted by atomic mass is 10.0. The van der Waals surface area contributed by atoms with Crippen LogP contribution in [-0.2, 0) is 0 Å². The van der Waals surface area contributed by atoms with Gasteiger partial charge in [0, 0.05) is 66.7 Å². The lowest BCUT2D eigenvalue weighted by Gasteiger charge is -2.10. The van der Waals surface area contributed by atoms with Crippen molar-refractivity contribution in [2.24, 2.45) is 0 Å². The van der Waals surface area contributed by atoms with Crippen molar-refractivity contribution in [1.29, 1.82) is 0 Å². The second kappa shape index (κ2) is 12.3. The fourth-order valence-corrected chi connectivity index (χ4v) is 7.19. The number of aromatic nitrogens is 4. The molecular weight excluding hydrogens is 613 g/mol. The molecular formula is C45H32N4O. The van der Waals surface area contributed by atoms with Gasteiger partial charge < -0.3 is 19.9 Å². The third-order valence-electron chi connectivity index (χ3n) is 9.42. The maximum atomic E-state index is 12.9. The largest absolute Gasteiger partial charge is 0.354 e. The Morgan fingerprint density at radius 3 is 1.10 bits per heavy atom. The van der Waals surface area contributed by atoms with Crippen LogP contribution < -0.4 is 21.4 Å². The third kappa shape index (κ3) is 5.09. The predicted octanol–water partition coefficient (Wildman–Crippen LogP) is 6.11. The number of carbonyl (C=O) groups is 1. The van der Waals surface area contributed by atoms with Gasteiger partial charge in [-0.3, -0.25) is 4.79 Å². The first-order valence-corrected chi connectivity index (χ1v) is 16.7. The summed E-state index contributed by atoms with van der Waals surface area (Å²) < 4.78 is 0. The molecule has 50 heavy (non-hydrogen) atoms. The molecule has 4 aromatic carbocycles. The SMILES string of the molecule is O=Cc1cc2[nH]c1=C(c1ccccc1)c1ccc([nH]1)C(c1ccccc1)=c1ccc([nH]1)=C(c1ccccc1)c1ccc([nH]1)C=2c1ccccc1. The Labute approximate surface area is 288 Å². The summed E-state index contributed by atoms with van der Waals surface area (Å²) in [6, 6.07) is 56.3. The molecule has 0 atom stereocenters. The Hall–Kier alpha value is -6.85. The van der Waals surface area contributed by atoms with Crippen molar-refractivity contribution in [3.63, 3.8) is 0 Å². The van der Waals surface area contributed by atoms with Crippen LogP contribution in [0.2, 0.25) is 0 Å². The Kier molecular flexibility index (Phi) is 7.21. The Balaban J connectivity index is 1.47. The molecule has 0 saturated carbocycles. The molecule has 4 aromatic heterocycles. The van der Waals surface area contributed by atoms with Gasteiger partial charge in [-0.25, -0.2) is 0 Å². The van der Waals surface area contributed by atoms with Crippen LogP contribution in [-0.4, -0.2) is 26.2 Å². The molecule has 0 aliphatic carbocycles. The first kappa shape index (κ1) is 29.3. The fraction of sp³-hybridized carbons (Fsp3) is 0. The number of hydrogen-bond donors (Lipinski definition) is 4. The molecule has 1 aliphatic heterocycles. The average Bonchev–Trinajstić information content (AvgIpc) is 4.00. The molecule has 9 rings (SSSR count). The number of H-pyrrole nitrogens is 4. The molecule has 8 bridgehead atoms. The molecule has 0 unspecified atom stereocenters. The van der Waals surface area contributed by atoms with Gasteiger partial charge in [0.05, 0.1) is 5.35 Å². The first-order valence-electron chi connectivity index (χ1n) is 16.7. The minimum Gasteiger partial charge on any atom is -0.354 e. The van der Waals surface area contributed by atoms with Crippen LogP contribution >= 0.6 is 0 Å². The maximum absolute atomic E-state index is 12.9. The van der Waals surface area contributed by atoms with E-state index in [4.69, 9.17) is 0 Å². The van der Waals surface area contributed by atoms with Crippen molar-refractivity contribution in [1.82, 2.24) is 19.9 Å². The lowest BCUT2D eigenvalue weighted by Crippen LogP contribution is -2.20. The molecule has 0 spiro atoms. The van der Waals surface area contributed by atoms with Crippen molar-refractivity contribution >= 4 is 28.6 Å². The number of hydrogen-bond acceptors (Lipinski definition) is 1. The van der Waals surface area contributed by atoms with Gasteiger partial charge >= 0.3 is 0 Å². The van der Waals surface area contributed by atoms with Crippen LogP contribution in [0.15, 0.2) is 164 Å². The van der Waals surface area contributed by atoms with Gasteiger partial charge in [-0.2, -0.15) is 0 Å². The number of aromatic amines is 4. The molecule has 0 fully saturated rings. The smallest absolute Gasteiger partial charge is 0.152 e. The van der Waals surface area contributed by atoms with E-state index >= 15 is 0 Å². The Morgan fingerprint density at radius 1 is 0.340 bits per heavy atom. The zero-order valence-electron chi connectivity index (χ0n) is 27.1. The van der Waals surface area contributed by atoms with Crippen molar-refractivity contribution in [3.05, 3.63) is 236 Å². The van der Waals surface area contributed by atoms with E-state index in [-0.39, 0.29) is 0 Å². The second-order valence-corrected chi connectivity index (χ2v) is 12.5. The summed E-state index contributed by atoms with van der Waals surface area (Å²) in [5, 5.41) is 3.58. The zero-order valence-corrected chi connectivity index (χ0v) is 27.1. The lowest BCUT2D eigenvalue weighted by molar-refractivity contribution is 0.112. The predicted molar refractivity (Wildman–Crippen MR) is 199 cm³/mol. The van der Waals surface area contributed by atoms with Crippen molar-refractivity contribution in [3.8, 4) is 0 Å². The van der Waals surface area contributed by atoms with Gasteiger partial charge in [0.2, 0.25) is 0 Å². The molecule has 4 N–H and O–H groups in total. The molecule has 5 heteroatoms. The highest BCUT2D eigenvalue weighted by Gasteiger charge is 2.19. The van der Waals surface area contributed by atoms with Crippen LogP contribution in [0.1, 0.15) is 55.4 Å². The molecule has 8 aromatic rings. The molecule has 238 valence electrons. The van der Waals surface area contributed by atoms with Gasteiger partial charge in [-0.05, 0) is 64.7 Å². The highest BCUT2D eigenvalue weighted by molar-refractivity contribution is 5.87. The summed E-state index contributed by atoms with van der Waals surface area (Å²) in [7, 11) is 0. The van der Waals surface area contributed by atoms with Gasteiger partial charge in [-0.15, -0.1) is 0 Å². The van der Waals surface area contributed by atoms with Gasteiger partial charge in [0.25, 0.3) is 0 Å². The molecule has 5 nitrogen and oxygen atoms in total. The standard InChI is InChI=1S/C45H32N4O/c50-28-33-27-40-43(31-17-9-3-10-18-31)38-24-23-36(47-38)41(29-13-5-1-6-14-29)34-21-22-35(46-34)42(30-15-7-2-8-16-30)37-25-26-39(48-37)44(45(33)49-40)32-19-11-4-12-20-32/h1-28,46-49H. The minimum atomic E-state index is 0.580. The van der Waals surface area contributed by atoms with E-state index in [1.165, 1.54) is 0 Å². The monoisotopic (exact) mass is 644 g/mol. The summed E-state index contributed by atoms with van der Waals surface area (Å²) in [5.41, 5.74) is 12.5. The highest BCUT2D eigenvalue weighted by Crippen LogP contribution is 2.28. The molecule has 0 saturated heterocycles. The molecule has 1 aliphatic rings. The van der Waals surface area contributed by atoms with Gasteiger partial charge in [0.1, 0.15) is 0 Å². The maximum Gasteiger partial charge on any atom is 0.152 e. The third-order valence-corrected chi connectivity index (χ3v) is 9.42. The van der Waals surface area contributed by atoms with Crippen LogP contribution in [0.3, 0.4) is 0 Å². The van der Waals surface area contributed by atoms with Crippen molar-refractivity contribution in [2.45, 2.75) is 0 Å². The van der Waals surface area contributed by atoms with E-state index in [2.05, 4.69) is 129 Å². The summed E-state index contributed by atoms with van der Waals surface area (Å²) in [6.07, 6.45) is 0.946. The second-order valence-electron chi connectivity index (χ2n) is 12.5. The van der Waals surface area contributed by atoms with E-state index in [1.807, 2.05) is 54.6 Å². The summed E-state index contributed by atoms with van der Waals surface area (Å²) >= 11 is 0. The average molecular weight is 645 g/mol. The van der Waals surface area contributed by atoms with Gasteiger partial charge in [0.15, 0.2) is 6.29 Å². The summed E-state index contributed by atoms with van der Waals surface area (Å²) in [5.74, 6) is 0. The van der Waals surface area contributed by atoms with Gasteiger partial charge in [-0.1, -0.05) is 121 Å². The van der Waals surface area contributed by atoms with E-state index in [0.29, 0.717) is 5.56 Å². The summed E-state index contributed by atoms with van der Waals surface area (Å²) in [4.78, 5) is 28.0. The van der Waals surface area contributed by atoms with Crippen molar-refractivity contribution < 1.29 is 4.79 Å². The van der Waals surface area contributed by atoms with Crippen LogP contribution in [0.25, 0.3) is 22.3 Å². The topological polar surface area (TPSA) is 80.2 Å². The normalized spacial score (nSPS) is 12.7. The molecule has 5 heterocycles.